The number of thiazole rings is 1. The van der Waals surface area contributed by atoms with Crippen molar-refractivity contribution in [3.8, 4) is 0 Å². The maximum Gasteiger partial charge on any atom is 0.277 e. The van der Waals surface area contributed by atoms with Crippen LogP contribution in [0.25, 0.3) is 21.9 Å². The average Bonchev–Trinajstić information content (AvgIpc) is 3.09. The Morgan fingerprint density at radius 2 is 2.00 bits per heavy atom. The van der Waals surface area contributed by atoms with Gasteiger partial charge in [0.15, 0.2) is 0 Å². The maximum atomic E-state index is 12.6. The van der Waals surface area contributed by atoms with Gasteiger partial charge in [-0.25, -0.2) is 9.38 Å². The first-order valence-electron chi connectivity index (χ1n) is 6.34. The molecule has 0 aliphatic rings. The molecule has 3 heterocycles. The van der Waals surface area contributed by atoms with Gasteiger partial charge in [-0.15, -0.1) is 11.3 Å². The quantitative estimate of drug-likeness (QED) is 0.532. The molecule has 4 rings (SSSR count). The molecule has 0 bridgehead atoms. The number of fused-ring (bicyclic) bond motifs is 2. The summed E-state index contributed by atoms with van der Waals surface area (Å²) in [5.41, 5.74) is -0.271. The number of hydrogen-bond acceptors (Lipinski definition) is 5. The molecule has 0 saturated heterocycles. The van der Waals surface area contributed by atoms with Crippen LogP contribution in [0.5, 0.6) is 0 Å². The second kappa shape index (κ2) is 5.01. The number of thiophene rings is 1. The second-order valence-corrected chi connectivity index (χ2v) is 7.00. The Hall–Kier alpha value is -2.02. The molecule has 0 aliphatic carbocycles. The van der Waals surface area contributed by atoms with Crippen LogP contribution < -0.4 is 15.7 Å². The Balaban J connectivity index is 2.18. The van der Waals surface area contributed by atoms with Gasteiger partial charge in [0.2, 0.25) is 4.96 Å². The normalized spacial score (nSPS) is 12.5. The van der Waals surface area contributed by atoms with Gasteiger partial charge in [0, 0.05) is 4.88 Å². The second-order valence-electron chi connectivity index (χ2n) is 4.60. The largest absolute Gasteiger partial charge is 0.277 e. The van der Waals surface area contributed by atoms with E-state index in [0.717, 1.165) is 9.28 Å². The first kappa shape index (κ1) is 13.6. The van der Waals surface area contributed by atoms with Gasteiger partial charge < -0.3 is 0 Å². The molecule has 0 fully saturated rings. The molecule has 4 aromatic rings. The van der Waals surface area contributed by atoms with E-state index in [4.69, 9.17) is 11.6 Å². The summed E-state index contributed by atoms with van der Waals surface area (Å²) in [6, 6.07) is 8.90. The van der Waals surface area contributed by atoms with Gasteiger partial charge in [0.05, 0.1) is 20.5 Å². The highest BCUT2D eigenvalue weighted by molar-refractivity contribution is 7.15. The van der Waals surface area contributed by atoms with Crippen molar-refractivity contribution >= 4 is 56.2 Å². The van der Waals surface area contributed by atoms with E-state index in [9.17, 15) is 9.59 Å². The highest BCUT2D eigenvalue weighted by atomic mass is 35.5. The number of hydrogen-bond donors (Lipinski definition) is 0. The van der Waals surface area contributed by atoms with E-state index < -0.39 is 5.56 Å². The molecular weight excluding hydrogens is 340 g/mol. The average molecular weight is 347 g/mol. The smallest absolute Gasteiger partial charge is 0.268 e. The van der Waals surface area contributed by atoms with Crippen molar-refractivity contribution in [1.82, 2.24) is 9.38 Å². The molecule has 0 N–H and O–H groups in total. The van der Waals surface area contributed by atoms with Crippen LogP contribution in [-0.2, 0) is 0 Å². The summed E-state index contributed by atoms with van der Waals surface area (Å²) in [6.07, 6.45) is 1.78. The zero-order chi connectivity index (χ0) is 15.3. The van der Waals surface area contributed by atoms with E-state index in [1.165, 1.54) is 22.7 Å². The van der Waals surface area contributed by atoms with Crippen LogP contribution in [0.2, 0.25) is 5.02 Å². The number of halogens is 1. The van der Waals surface area contributed by atoms with Crippen LogP contribution in [-0.4, -0.2) is 9.38 Å². The molecule has 0 aliphatic heterocycles. The van der Waals surface area contributed by atoms with Crippen LogP contribution in [0, 0.1) is 0 Å². The first-order chi connectivity index (χ1) is 10.6. The van der Waals surface area contributed by atoms with Crippen LogP contribution >= 0.6 is 34.3 Å². The molecule has 0 atom stereocenters. The van der Waals surface area contributed by atoms with Gasteiger partial charge >= 0.3 is 0 Å². The van der Waals surface area contributed by atoms with Crippen molar-refractivity contribution in [3.63, 3.8) is 0 Å². The number of rotatable bonds is 1. The predicted molar refractivity (Wildman–Crippen MR) is 91.2 cm³/mol. The van der Waals surface area contributed by atoms with Crippen LogP contribution in [0.1, 0.15) is 4.88 Å². The van der Waals surface area contributed by atoms with Crippen molar-refractivity contribution in [3.05, 3.63) is 70.9 Å². The molecule has 0 radical (unpaired) electrons. The van der Waals surface area contributed by atoms with Crippen molar-refractivity contribution < 1.29 is 0 Å². The summed E-state index contributed by atoms with van der Waals surface area (Å²) in [6.45, 7) is 0. The Kier molecular flexibility index (Phi) is 3.11. The van der Waals surface area contributed by atoms with Crippen molar-refractivity contribution in [2.45, 2.75) is 0 Å². The molecule has 0 amide bonds. The minimum atomic E-state index is -0.419. The highest BCUT2D eigenvalue weighted by Gasteiger charge is 2.13. The maximum absolute atomic E-state index is 12.6. The van der Waals surface area contributed by atoms with Crippen molar-refractivity contribution in [2.75, 3.05) is 0 Å². The van der Waals surface area contributed by atoms with Crippen LogP contribution in [0.4, 0.5) is 0 Å². The van der Waals surface area contributed by atoms with E-state index in [-0.39, 0.29) is 10.9 Å². The minimum Gasteiger partial charge on any atom is -0.268 e. The molecule has 7 heteroatoms. The fourth-order valence-electron chi connectivity index (χ4n) is 2.26. The van der Waals surface area contributed by atoms with Gasteiger partial charge in [-0.1, -0.05) is 35.1 Å². The Labute approximate surface area is 136 Å². The van der Waals surface area contributed by atoms with Gasteiger partial charge in [-0.05, 0) is 29.7 Å². The zero-order valence-corrected chi connectivity index (χ0v) is 13.3. The van der Waals surface area contributed by atoms with E-state index in [2.05, 4.69) is 4.98 Å². The number of nitrogens with zero attached hydrogens (tertiary/aromatic N) is 2. The standard InChI is InChI=1S/C15H7ClN2O2S2/c16-9-4-1-5-10-12(9)14(20)18-13(19)11(22-15(18)17-10)7-8-3-2-6-21-8/h1-7H/b11-7-. The summed E-state index contributed by atoms with van der Waals surface area (Å²) in [4.78, 5) is 30.8. The number of aromatic nitrogens is 2. The lowest BCUT2D eigenvalue weighted by atomic mass is 10.2. The van der Waals surface area contributed by atoms with Crippen LogP contribution in [0.15, 0.2) is 45.3 Å². The summed E-state index contributed by atoms with van der Waals surface area (Å²) < 4.78 is 1.58. The van der Waals surface area contributed by atoms with Gasteiger partial charge in [-0.3, -0.25) is 9.59 Å². The van der Waals surface area contributed by atoms with Crippen molar-refractivity contribution in [1.29, 1.82) is 0 Å². The predicted octanol–water partition coefficient (Wildman–Crippen LogP) is 2.53. The zero-order valence-electron chi connectivity index (χ0n) is 10.9. The van der Waals surface area contributed by atoms with Gasteiger partial charge in [0.25, 0.3) is 11.1 Å². The first-order valence-corrected chi connectivity index (χ1v) is 8.41. The lowest BCUT2D eigenvalue weighted by molar-refractivity contribution is 1.05. The molecule has 0 saturated carbocycles. The summed E-state index contributed by atoms with van der Waals surface area (Å²) in [5, 5.41) is 2.51. The van der Waals surface area contributed by atoms with E-state index in [1.54, 1.807) is 24.3 Å². The molecule has 0 spiro atoms. The Bertz CT molecular complexity index is 1180. The third-order valence-corrected chi connectivity index (χ3v) is 5.35. The molecular formula is C15H7ClN2O2S2. The fraction of sp³-hybridized carbons (Fsp3) is 0. The lowest BCUT2D eigenvalue weighted by Crippen LogP contribution is -2.31. The van der Waals surface area contributed by atoms with E-state index in [1.807, 2.05) is 17.5 Å². The highest BCUT2D eigenvalue weighted by Crippen LogP contribution is 2.19. The topological polar surface area (TPSA) is 51.4 Å². The third-order valence-electron chi connectivity index (χ3n) is 3.25. The molecule has 108 valence electrons. The lowest BCUT2D eigenvalue weighted by Gasteiger charge is -1.98. The summed E-state index contributed by atoms with van der Waals surface area (Å²) in [5.74, 6) is 0. The number of benzene rings is 1. The Morgan fingerprint density at radius 1 is 1.14 bits per heavy atom. The molecule has 0 unspecified atom stereocenters. The fourth-order valence-corrected chi connectivity index (χ4v) is 4.21. The monoisotopic (exact) mass is 346 g/mol. The molecule has 3 aromatic heterocycles. The van der Waals surface area contributed by atoms with E-state index in [0.29, 0.717) is 20.0 Å². The van der Waals surface area contributed by atoms with Gasteiger partial charge in [0.1, 0.15) is 0 Å². The minimum absolute atomic E-state index is 0.277. The van der Waals surface area contributed by atoms with Crippen LogP contribution in [0.3, 0.4) is 0 Å². The molecule has 4 nitrogen and oxygen atoms in total. The third kappa shape index (κ3) is 1.99. The van der Waals surface area contributed by atoms with E-state index >= 15 is 0 Å². The Morgan fingerprint density at radius 3 is 2.77 bits per heavy atom. The molecule has 1 aromatic carbocycles. The summed E-state index contributed by atoms with van der Waals surface area (Å²) in [7, 11) is 0. The summed E-state index contributed by atoms with van der Waals surface area (Å²) >= 11 is 8.81. The van der Waals surface area contributed by atoms with Gasteiger partial charge in [-0.2, -0.15) is 0 Å². The SMILES string of the molecule is O=c1/c(=C/c2cccs2)sc2nc3cccc(Cl)c3c(=O)n12. The van der Waals surface area contributed by atoms with Crippen molar-refractivity contribution in [2.24, 2.45) is 0 Å². The molecule has 22 heavy (non-hydrogen) atoms.